The van der Waals surface area contributed by atoms with Gasteiger partial charge in [-0.05, 0) is 27.4 Å². The molecular weight excluding hydrogens is 346 g/mol. The van der Waals surface area contributed by atoms with Gasteiger partial charge in [0.2, 0.25) is 0 Å². The highest BCUT2D eigenvalue weighted by Gasteiger charge is 2.37. The van der Waals surface area contributed by atoms with Crippen molar-refractivity contribution in [1.82, 2.24) is 14.9 Å². The van der Waals surface area contributed by atoms with Crippen LogP contribution in [0.15, 0.2) is 22.2 Å². The number of carbonyl (C=O) groups is 2. The maximum Gasteiger partial charge on any atom is 0.326 e. The summed E-state index contributed by atoms with van der Waals surface area (Å²) in [6, 6.07) is 0.895. The monoisotopic (exact) mass is 355 g/mol. The molecule has 8 heteroatoms. The van der Waals surface area contributed by atoms with Crippen LogP contribution in [-0.4, -0.2) is 37.9 Å². The largest absolute Gasteiger partial charge is 0.480 e. The molecule has 0 fully saturated rings. The van der Waals surface area contributed by atoms with Crippen LogP contribution >= 0.6 is 27.3 Å². The van der Waals surface area contributed by atoms with Gasteiger partial charge in [-0.1, -0.05) is 0 Å². The minimum Gasteiger partial charge on any atom is -0.480 e. The Morgan fingerprint density at radius 1 is 1.55 bits per heavy atom. The summed E-state index contributed by atoms with van der Waals surface area (Å²) in [4.78, 5) is 32.9. The van der Waals surface area contributed by atoms with Crippen molar-refractivity contribution in [3.63, 3.8) is 0 Å². The summed E-state index contributed by atoms with van der Waals surface area (Å²) in [7, 11) is 0. The second-order valence-electron chi connectivity index (χ2n) is 4.42. The third-order valence-electron chi connectivity index (χ3n) is 3.26. The molecule has 1 unspecified atom stereocenters. The minimum absolute atomic E-state index is 0.225. The fraction of sp³-hybridized carbons (Fsp3) is 0.250. The molecule has 6 nitrogen and oxygen atoms in total. The van der Waals surface area contributed by atoms with E-state index in [0.29, 0.717) is 15.0 Å². The van der Waals surface area contributed by atoms with Crippen LogP contribution in [0.2, 0.25) is 0 Å². The Bertz CT molecular complexity index is 681. The maximum absolute atomic E-state index is 12.5. The maximum atomic E-state index is 12.5. The van der Waals surface area contributed by atoms with Crippen molar-refractivity contribution in [2.24, 2.45) is 0 Å². The molecule has 0 bridgehead atoms. The number of imidazole rings is 1. The van der Waals surface area contributed by atoms with Crippen LogP contribution in [0.1, 0.15) is 21.1 Å². The molecule has 3 rings (SSSR count). The van der Waals surface area contributed by atoms with E-state index >= 15 is 0 Å². The van der Waals surface area contributed by atoms with Crippen LogP contribution in [0.4, 0.5) is 0 Å². The molecule has 104 valence electrons. The molecule has 2 N–H and O–H groups in total. The first-order valence-corrected chi connectivity index (χ1v) is 7.53. The third kappa shape index (κ3) is 2.14. The Hall–Kier alpha value is -1.67. The first kappa shape index (κ1) is 13.3. The molecule has 1 amide bonds. The number of amides is 1. The van der Waals surface area contributed by atoms with E-state index in [1.165, 1.54) is 22.6 Å². The number of hydrogen-bond donors (Lipinski definition) is 2. The van der Waals surface area contributed by atoms with E-state index in [2.05, 4.69) is 25.9 Å². The van der Waals surface area contributed by atoms with Crippen molar-refractivity contribution in [2.75, 3.05) is 0 Å². The topological polar surface area (TPSA) is 86.3 Å². The van der Waals surface area contributed by atoms with Crippen molar-refractivity contribution in [1.29, 1.82) is 0 Å². The normalized spacial score (nSPS) is 17.9. The number of carbonyl (C=O) groups excluding carboxylic acids is 1. The number of carboxylic acids is 1. The second-order valence-corrected chi connectivity index (χ2v) is 6.19. The number of carboxylic acid groups (broad SMARTS) is 1. The predicted octanol–water partition coefficient (Wildman–Crippen LogP) is 1.89. The van der Waals surface area contributed by atoms with Gasteiger partial charge in [-0.15, -0.1) is 11.3 Å². The van der Waals surface area contributed by atoms with Gasteiger partial charge < -0.3 is 15.0 Å². The summed E-state index contributed by atoms with van der Waals surface area (Å²) in [5.41, 5.74) is 1.51. The number of aromatic amines is 1. The number of H-pyrrole nitrogens is 1. The van der Waals surface area contributed by atoms with Crippen LogP contribution < -0.4 is 0 Å². The number of hydrogen-bond acceptors (Lipinski definition) is 4. The van der Waals surface area contributed by atoms with Gasteiger partial charge in [0, 0.05) is 10.9 Å². The van der Waals surface area contributed by atoms with Gasteiger partial charge in [0.15, 0.2) is 0 Å². The molecule has 0 spiro atoms. The second kappa shape index (κ2) is 5.02. The molecule has 0 radical (unpaired) electrons. The first-order valence-electron chi connectivity index (χ1n) is 5.86. The SMILES string of the molecule is O=C(O)C1Cc2nc[nH]c2CN1C(=O)c1sccc1Br. The van der Waals surface area contributed by atoms with E-state index in [4.69, 9.17) is 0 Å². The number of rotatable bonds is 2. The van der Waals surface area contributed by atoms with Gasteiger partial charge in [-0.3, -0.25) is 4.79 Å². The Morgan fingerprint density at radius 3 is 3.00 bits per heavy atom. The molecule has 1 aliphatic heterocycles. The van der Waals surface area contributed by atoms with Gasteiger partial charge in [0.1, 0.15) is 10.9 Å². The molecule has 2 aromatic rings. The zero-order valence-electron chi connectivity index (χ0n) is 10.2. The highest BCUT2D eigenvalue weighted by Crippen LogP contribution is 2.28. The van der Waals surface area contributed by atoms with Crippen LogP contribution in [0.3, 0.4) is 0 Å². The van der Waals surface area contributed by atoms with E-state index < -0.39 is 12.0 Å². The molecule has 0 saturated carbocycles. The van der Waals surface area contributed by atoms with Crippen molar-refractivity contribution in [3.05, 3.63) is 38.5 Å². The summed E-state index contributed by atoms with van der Waals surface area (Å²) in [5, 5.41) is 11.1. The summed E-state index contributed by atoms with van der Waals surface area (Å²) < 4.78 is 0.687. The molecule has 2 aromatic heterocycles. The number of fused-ring (bicyclic) bond motifs is 1. The molecule has 1 aliphatic rings. The average molecular weight is 356 g/mol. The Morgan fingerprint density at radius 2 is 2.35 bits per heavy atom. The lowest BCUT2D eigenvalue weighted by atomic mass is 10.0. The number of halogens is 1. The number of nitrogens with one attached hydrogen (secondary N) is 1. The fourth-order valence-corrected chi connectivity index (χ4v) is 3.74. The van der Waals surface area contributed by atoms with Gasteiger partial charge in [-0.25, -0.2) is 9.78 Å². The molecule has 3 heterocycles. The molecule has 0 aromatic carbocycles. The molecular formula is C12H10BrN3O3S. The summed E-state index contributed by atoms with van der Waals surface area (Å²) in [5.74, 6) is -1.29. The smallest absolute Gasteiger partial charge is 0.326 e. The van der Waals surface area contributed by atoms with Crippen molar-refractivity contribution in [2.45, 2.75) is 19.0 Å². The van der Waals surface area contributed by atoms with Crippen molar-refractivity contribution in [3.8, 4) is 0 Å². The predicted molar refractivity (Wildman–Crippen MR) is 75.6 cm³/mol. The summed E-state index contributed by atoms with van der Waals surface area (Å²) in [6.07, 6.45) is 1.75. The zero-order valence-corrected chi connectivity index (χ0v) is 12.6. The molecule has 1 atom stereocenters. The molecule has 0 aliphatic carbocycles. The zero-order chi connectivity index (χ0) is 14.3. The summed E-state index contributed by atoms with van der Waals surface area (Å²) in [6.45, 7) is 0.232. The quantitative estimate of drug-likeness (QED) is 0.860. The highest BCUT2D eigenvalue weighted by atomic mass is 79.9. The molecule has 20 heavy (non-hydrogen) atoms. The van der Waals surface area contributed by atoms with Gasteiger partial charge in [-0.2, -0.15) is 0 Å². The van der Waals surface area contributed by atoms with E-state index in [1.807, 2.05) is 0 Å². The van der Waals surface area contributed by atoms with Crippen molar-refractivity contribution >= 4 is 39.1 Å². The third-order valence-corrected chi connectivity index (χ3v) is 5.08. The number of thiophene rings is 1. The lowest BCUT2D eigenvalue weighted by molar-refractivity contribution is -0.142. The number of aromatic nitrogens is 2. The van der Waals surface area contributed by atoms with Crippen LogP contribution in [0.5, 0.6) is 0 Å². The fourth-order valence-electron chi connectivity index (χ4n) is 2.25. The average Bonchev–Trinajstić information content (AvgIpc) is 3.04. The van der Waals surface area contributed by atoms with E-state index in [1.54, 1.807) is 11.4 Å². The van der Waals surface area contributed by atoms with E-state index in [-0.39, 0.29) is 18.9 Å². The van der Waals surface area contributed by atoms with Crippen LogP contribution in [0, 0.1) is 0 Å². The number of nitrogens with zero attached hydrogens (tertiary/aromatic N) is 2. The Labute approximate surface area is 126 Å². The lowest BCUT2D eigenvalue weighted by Gasteiger charge is -2.32. The van der Waals surface area contributed by atoms with Crippen molar-refractivity contribution < 1.29 is 14.7 Å². The Balaban J connectivity index is 1.96. The highest BCUT2D eigenvalue weighted by molar-refractivity contribution is 9.10. The molecule has 0 saturated heterocycles. The Kier molecular flexibility index (Phi) is 3.35. The standard InChI is InChI=1S/C12H10BrN3O3S/c13-6-1-2-20-10(6)11(17)16-4-8-7(14-5-15-8)3-9(16)12(18)19/h1-2,5,9H,3-4H2,(H,14,15)(H,18,19). The minimum atomic E-state index is -1.01. The van der Waals surface area contributed by atoms with Crippen LogP contribution in [0.25, 0.3) is 0 Å². The van der Waals surface area contributed by atoms with E-state index in [0.717, 1.165) is 5.69 Å². The first-order chi connectivity index (χ1) is 9.58. The van der Waals surface area contributed by atoms with Gasteiger partial charge in [0.25, 0.3) is 5.91 Å². The van der Waals surface area contributed by atoms with E-state index in [9.17, 15) is 14.7 Å². The van der Waals surface area contributed by atoms with Gasteiger partial charge >= 0.3 is 5.97 Å². The van der Waals surface area contributed by atoms with Gasteiger partial charge in [0.05, 0.1) is 24.3 Å². The van der Waals surface area contributed by atoms with Crippen LogP contribution in [-0.2, 0) is 17.8 Å². The lowest BCUT2D eigenvalue weighted by Crippen LogP contribution is -2.48. The summed E-state index contributed by atoms with van der Waals surface area (Å²) >= 11 is 4.60. The number of aliphatic carboxylic acids is 1.